The van der Waals surface area contributed by atoms with E-state index in [1.54, 1.807) is 0 Å². The van der Waals surface area contributed by atoms with Crippen molar-refractivity contribution in [3.05, 3.63) is 0 Å². The molecule has 0 bridgehead atoms. The Morgan fingerprint density at radius 1 is 1.29 bits per heavy atom. The molecule has 0 aromatic rings. The van der Waals surface area contributed by atoms with E-state index < -0.39 is 0 Å². The van der Waals surface area contributed by atoms with Crippen LogP contribution in [0.3, 0.4) is 0 Å². The van der Waals surface area contributed by atoms with Gasteiger partial charge in [-0.2, -0.15) is 0 Å². The topological polar surface area (TPSA) is 3.24 Å². The zero-order chi connectivity index (χ0) is 10.6. The molecule has 1 aliphatic heterocycles. The predicted molar refractivity (Wildman–Crippen MR) is 63.6 cm³/mol. The lowest BCUT2D eigenvalue weighted by molar-refractivity contribution is 0.126. The summed E-state index contributed by atoms with van der Waals surface area (Å²) in [4.78, 5) is 2.57. The monoisotopic (exact) mass is 197 g/mol. The Hall–Kier alpha value is -0.0400. The minimum absolute atomic E-state index is 0.547. The van der Waals surface area contributed by atoms with Crippen LogP contribution < -0.4 is 0 Å². The van der Waals surface area contributed by atoms with Gasteiger partial charge in [0.2, 0.25) is 0 Å². The van der Waals surface area contributed by atoms with Crippen molar-refractivity contribution >= 4 is 0 Å². The molecule has 1 rings (SSSR count). The molecule has 1 nitrogen and oxygen atoms in total. The molecule has 0 N–H and O–H groups in total. The minimum Gasteiger partial charge on any atom is -0.303 e. The van der Waals surface area contributed by atoms with Crippen molar-refractivity contribution in [3.8, 4) is 0 Å². The van der Waals surface area contributed by atoms with Gasteiger partial charge in [0.25, 0.3) is 0 Å². The molecule has 0 unspecified atom stereocenters. The van der Waals surface area contributed by atoms with Gasteiger partial charge in [0, 0.05) is 6.04 Å². The van der Waals surface area contributed by atoms with Crippen molar-refractivity contribution in [2.75, 3.05) is 13.6 Å². The van der Waals surface area contributed by atoms with Crippen LogP contribution in [-0.4, -0.2) is 24.5 Å². The van der Waals surface area contributed by atoms with Crippen molar-refractivity contribution in [2.24, 2.45) is 5.41 Å². The summed E-state index contributed by atoms with van der Waals surface area (Å²) in [6.45, 7) is 8.47. The fourth-order valence-corrected chi connectivity index (χ4v) is 2.82. The summed E-state index contributed by atoms with van der Waals surface area (Å²) in [6, 6.07) is 0.852. The molecule has 0 spiro atoms. The summed E-state index contributed by atoms with van der Waals surface area (Å²) in [5.41, 5.74) is 0.547. The van der Waals surface area contributed by atoms with Crippen LogP contribution in [-0.2, 0) is 0 Å². The molecule has 1 aliphatic rings. The maximum atomic E-state index is 2.57. The molecule has 1 atom stereocenters. The third kappa shape index (κ3) is 3.61. The number of hydrogen-bond acceptors (Lipinski definition) is 1. The van der Waals surface area contributed by atoms with Crippen molar-refractivity contribution < 1.29 is 0 Å². The number of nitrogens with zero attached hydrogens (tertiary/aromatic N) is 1. The average molecular weight is 197 g/mol. The first kappa shape index (κ1) is 12.0. The quantitative estimate of drug-likeness (QED) is 0.664. The molecule has 0 radical (unpaired) electrons. The van der Waals surface area contributed by atoms with Gasteiger partial charge in [-0.1, -0.05) is 33.6 Å². The number of hydrogen-bond donors (Lipinski definition) is 0. The van der Waals surface area contributed by atoms with E-state index in [4.69, 9.17) is 0 Å². The van der Waals surface area contributed by atoms with Crippen molar-refractivity contribution in [3.63, 3.8) is 0 Å². The summed E-state index contributed by atoms with van der Waals surface area (Å²) in [5.74, 6) is 0. The normalized spacial score (nSPS) is 25.3. The van der Waals surface area contributed by atoms with Gasteiger partial charge in [-0.25, -0.2) is 0 Å². The molecule has 1 heteroatoms. The Kier molecular flexibility index (Phi) is 4.43. The molecule has 1 fully saturated rings. The van der Waals surface area contributed by atoms with Gasteiger partial charge in [-0.3, -0.25) is 0 Å². The highest BCUT2D eigenvalue weighted by molar-refractivity contribution is 4.81. The number of rotatable bonds is 4. The highest BCUT2D eigenvalue weighted by Crippen LogP contribution is 2.32. The van der Waals surface area contributed by atoms with Gasteiger partial charge in [0.15, 0.2) is 0 Å². The van der Waals surface area contributed by atoms with E-state index in [0.29, 0.717) is 5.41 Å². The second-order valence-electron chi connectivity index (χ2n) is 5.75. The maximum absolute atomic E-state index is 2.57. The molecule has 0 saturated carbocycles. The van der Waals surface area contributed by atoms with Gasteiger partial charge < -0.3 is 4.90 Å². The molecule has 14 heavy (non-hydrogen) atoms. The van der Waals surface area contributed by atoms with Crippen LogP contribution in [0.5, 0.6) is 0 Å². The van der Waals surface area contributed by atoms with Crippen LogP contribution in [0.4, 0.5) is 0 Å². The van der Waals surface area contributed by atoms with Crippen LogP contribution in [0.25, 0.3) is 0 Å². The van der Waals surface area contributed by atoms with Crippen molar-refractivity contribution in [2.45, 2.75) is 65.3 Å². The van der Waals surface area contributed by atoms with E-state index in [0.717, 1.165) is 6.04 Å². The molecular weight excluding hydrogens is 170 g/mol. The first-order chi connectivity index (χ1) is 6.55. The largest absolute Gasteiger partial charge is 0.303 e. The highest BCUT2D eigenvalue weighted by Gasteiger charge is 2.26. The first-order valence-corrected chi connectivity index (χ1v) is 6.25. The fraction of sp³-hybridized carbons (Fsp3) is 1.00. The molecule has 84 valence electrons. The molecule has 0 aromatic heterocycles. The van der Waals surface area contributed by atoms with Gasteiger partial charge in [0.1, 0.15) is 0 Å². The summed E-state index contributed by atoms with van der Waals surface area (Å²) in [7, 11) is 2.30. The predicted octanol–water partition coefficient (Wildman–Crippen LogP) is 3.69. The maximum Gasteiger partial charge on any atom is 0.00973 e. The third-order valence-electron chi connectivity index (χ3n) is 3.64. The number of likely N-dealkylation sites (tertiary alicyclic amines) is 1. The molecular formula is C13H27N. The van der Waals surface area contributed by atoms with Gasteiger partial charge in [-0.15, -0.1) is 0 Å². The van der Waals surface area contributed by atoms with Crippen molar-refractivity contribution in [1.29, 1.82) is 0 Å². The summed E-state index contributed by atoms with van der Waals surface area (Å²) in [6.07, 6.45) is 8.35. The molecule has 1 heterocycles. The smallest absolute Gasteiger partial charge is 0.00973 e. The molecule has 0 aromatic carbocycles. The Bertz CT molecular complexity index is 163. The Morgan fingerprint density at radius 3 is 2.57 bits per heavy atom. The highest BCUT2D eigenvalue weighted by atomic mass is 15.1. The lowest BCUT2D eigenvalue weighted by Gasteiger charge is -2.38. The second-order valence-corrected chi connectivity index (χ2v) is 5.75. The Labute approximate surface area is 89.9 Å². The lowest BCUT2D eigenvalue weighted by Crippen LogP contribution is -2.39. The fourth-order valence-electron chi connectivity index (χ4n) is 2.82. The van der Waals surface area contributed by atoms with Crippen LogP contribution >= 0.6 is 0 Å². The van der Waals surface area contributed by atoms with E-state index in [1.165, 1.54) is 45.1 Å². The molecule has 0 aliphatic carbocycles. The molecule has 0 amide bonds. The lowest BCUT2D eigenvalue weighted by atomic mass is 9.79. The minimum atomic E-state index is 0.547. The van der Waals surface area contributed by atoms with Gasteiger partial charge in [0.05, 0.1) is 0 Å². The van der Waals surface area contributed by atoms with Crippen LogP contribution in [0, 0.1) is 5.41 Å². The molecule has 1 saturated heterocycles. The first-order valence-electron chi connectivity index (χ1n) is 6.25. The third-order valence-corrected chi connectivity index (χ3v) is 3.64. The van der Waals surface area contributed by atoms with Gasteiger partial charge in [-0.05, 0) is 44.7 Å². The standard InChI is InChI=1S/C13H27N/c1-5-9-13(2,3)11-12-8-6-7-10-14(12)4/h12H,5-11H2,1-4H3/t12-/m1/s1. The van der Waals surface area contributed by atoms with Gasteiger partial charge >= 0.3 is 0 Å². The van der Waals surface area contributed by atoms with E-state index in [2.05, 4.69) is 32.7 Å². The summed E-state index contributed by atoms with van der Waals surface area (Å²) >= 11 is 0. The van der Waals surface area contributed by atoms with E-state index >= 15 is 0 Å². The van der Waals surface area contributed by atoms with E-state index in [-0.39, 0.29) is 0 Å². The zero-order valence-corrected chi connectivity index (χ0v) is 10.5. The zero-order valence-electron chi connectivity index (χ0n) is 10.5. The SMILES string of the molecule is CCCC(C)(C)C[C@H]1CCCCN1C. The van der Waals surface area contributed by atoms with Crippen molar-refractivity contribution in [1.82, 2.24) is 4.90 Å². The van der Waals surface area contributed by atoms with Crippen LogP contribution in [0.15, 0.2) is 0 Å². The summed E-state index contributed by atoms with van der Waals surface area (Å²) < 4.78 is 0. The second kappa shape index (κ2) is 5.16. The van der Waals surface area contributed by atoms with Crippen LogP contribution in [0.2, 0.25) is 0 Å². The van der Waals surface area contributed by atoms with Crippen LogP contribution in [0.1, 0.15) is 59.3 Å². The van der Waals surface area contributed by atoms with E-state index in [9.17, 15) is 0 Å². The Morgan fingerprint density at radius 2 is 2.00 bits per heavy atom. The number of piperidine rings is 1. The summed E-state index contributed by atoms with van der Waals surface area (Å²) in [5, 5.41) is 0. The van der Waals surface area contributed by atoms with E-state index in [1.807, 2.05) is 0 Å². The average Bonchev–Trinajstić information content (AvgIpc) is 2.08. The Balaban J connectivity index is 2.40.